The van der Waals surface area contributed by atoms with Crippen LogP contribution in [0.25, 0.3) is 21.1 Å². The number of esters is 1. The maximum absolute atomic E-state index is 13.9. The van der Waals surface area contributed by atoms with Gasteiger partial charge in [-0.2, -0.15) is 0 Å². The summed E-state index contributed by atoms with van der Waals surface area (Å²) >= 11 is 1.58. The number of benzene rings is 2. The van der Waals surface area contributed by atoms with E-state index >= 15 is 0 Å². The average Bonchev–Trinajstić information content (AvgIpc) is 3.59. The number of aromatic amines is 1. The second kappa shape index (κ2) is 14.5. The van der Waals surface area contributed by atoms with E-state index in [1.165, 1.54) is 0 Å². The zero-order chi connectivity index (χ0) is 32.8. The number of piperidine rings is 1. The third kappa shape index (κ3) is 7.97. The van der Waals surface area contributed by atoms with E-state index in [0.29, 0.717) is 51.7 Å². The fourth-order valence-corrected chi connectivity index (χ4v) is 6.99. The van der Waals surface area contributed by atoms with Crippen molar-refractivity contribution in [2.45, 2.75) is 83.0 Å². The zero-order valence-corrected chi connectivity index (χ0v) is 27.5. The van der Waals surface area contributed by atoms with E-state index in [0.717, 1.165) is 26.7 Å². The lowest BCUT2D eigenvalue weighted by atomic mass is 10.0. The fraction of sp³-hybridized carbons (Fsp3) is 0.471. The Bertz CT molecular complexity index is 1730. The van der Waals surface area contributed by atoms with Crippen LogP contribution in [0.2, 0.25) is 0 Å². The molecule has 0 radical (unpaired) electrons. The summed E-state index contributed by atoms with van der Waals surface area (Å²) in [5, 5.41) is 8.90. The number of nitrogens with two attached hydrogens (primary N) is 1. The summed E-state index contributed by atoms with van der Waals surface area (Å²) in [6, 6.07) is 13.3. The number of amides is 3. The highest BCUT2D eigenvalue weighted by atomic mass is 32.1. The summed E-state index contributed by atoms with van der Waals surface area (Å²) in [4.78, 5) is 58.0. The number of unbranched alkanes of at least 4 members (excludes halogenated alkanes) is 1. The van der Waals surface area contributed by atoms with E-state index in [-0.39, 0.29) is 24.2 Å². The number of nitrogens with zero attached hydrogens (tertiary/aromatic N) is 2. The first-order valence-corrected chi connectivity index (χ1v) is 16.8. The molecular weight excluding hydrogens is 604 g/mol. The Morgan fingerprint density at radius 1 is 1.02 bits per heavy atom. The lowest BCUT2D eigenvalue weighted by Gasteiger charge is -2.33. The minimum absolute atomic E-state index is 0.0490. The van der Waals surface area contributed by atoms with Gasteiger partial charge in [0.25, 0.3) is 0 Å². The van der Waals surface area contributed by atoms with Gasteiger partial charge in [0.15, 0.2) is 0 Å². The maximum Gasteiger partial charge on any atom is 0.329 e. The molecule has 5 rings (SSSR count). The molecule has 0 unspecified atom stereocenters. The molecule has 2 aromatic carbocycles. The topological polar surface area (TPSA) is 152 Å². The van der Waals surface area contributed by atoms with Crippen LogP contribution in [0.4, 0.5) is 4.79 Å². The number of urea groups is 1. The Balaban J connectivity index is 1.31. The van der Waals surface area contributed by atoms with Crippen molar-refractivity contribution in [1.82, 2.24) is 25.1 Å². The van der Waals surface area contributed by atoms with Gasteiger partial charge in [-0.05, 0) is 93.9 Å². The number of aromatic nitrogens is 2. The van der Waals surface area contributed by atoms with Crippen LogP contribution in [-0.4, -0.2) is 69.7 Å². The number of ether oxygens (including phenoxy) is 1. The van der Waals surface area contributed by atoms with Crippen molar-refractivity contribution in [2.75, 3.05) is 19.6 Å². The van der Waals surface area contributed by atoms with Gasteiger partial charge in [0.2, 0.25) is 5.91 Å². The largest absolute Gasteiger partial charge is 0.458 e. The molecule has 246 valence electrons. The normalized spacial score (nSPS) is 15.5. The van der Waals surface area contributed by atoms with Crippen LogP contribution >= 0.6 is 11.3 Å². The number of hydrogen-bond acceptors (Lipinski definition) is 7. The van der Waals surface area contributed by atoms with Crippen LogP contribution < -0.4 is 22.1 Å². The highest BCUT2D eigenvalue weighted by molar-refractivity contribution is 7.17. The van der Waals surface area contributed by atoms with E-state index in [1.807, 2.05) is 53.9 Å². The lowest BCUT2D eigenvalue weighted by Crippen LogP contribution is -2.56. The van der Waals surface area contributed by atoms with E-state index in [9.17, 15) is 19.2 Å². The van der Waals surface area contributed by atoms with Crippen molar-refractivity contribution in [1.29, 1.82) is 0 Å². The van der Waals surface area contributed by atoms with Crippen molar-refractivity contribution in [3.63, 3.8) is 0 Å². The molecule has 12 heteroatoms. The number of fused-ring (bicyclic) bond motifs is 2. The minimum Gasteiger partial charge on any atom is -0.458 e. The molecule has 3 amide bonds. The number of H-pyrrole nitrogens is 1. The summed E-state index contributed by atoms with van der Waals surface area (Å²) in [5.41, 5.74) is 7.38. The van der Waals surface area contributed by atoms with Gasteiger partial charge in [-0.25, -0.2) is 14.4 Å². The molecule has 1 aliphatic heterocycles. The second-order valence-corrected chi connectivity index (χ2v) is 13.8. The highest BCUT2D eigenvalue weighted by Crippen LogP contribution is 2.28. The predicted octanol–water partition coefficient (Wildman–Crippen LogP) is 4.46. The molecule has 0 aliphatic carbocycles. The summed E-state index contributed by atoms with van der Waals surface area (Å²) in [5.74, 6) is -0.967. The van der Waals surface area contributed by atoms with Crippen LogP contribution in [-0.2, 0) is 20.7 Å². The quantitative estimate of drug-likeness (QED) is 0.139. The number of imidazole rings is 1. The van der Waals surface area contributed by atoms with Crippen LogP contribution in [0.5, 0.6) is 0 Å². The van der Waals surface area contributed by atoms with Crippen molar-refractivity contribution >= 4 is 50.4 Å². The van der Waals surface area contributed by atoms with Crippen molar-refractivity contribution in [3.05, 3.63) is 70.0 Å². The molecule has 1 aliphatic rings. The first-order valence-electron chi connectivity index (χ1n) is 16.0. The number of rotatable bonds is 11. The highest BCUT2D eigenvalue weighted by Gasteiger charge is 2.32. The minimum atomic E-state index is -0.932. The molecule has 1 fully saturated rings. The summed E-state index contributed by atoms with van der Waals surface area (Å²) in [7, 11) is 0. The first kappa shape index (κ1) is 33.2. The number of nitrogens with one attached hydrogen (secondary N) is 3. The molecule has 11 nitrogen and oxygen atoms in total. The van der Waals surface area contributed by atoms with Gasteiger partial charge < -0.3 is 31.0 Å². The van der Waals surface area contributed by atoms with Gasteiger partial charge in [0, 0.05) is 30.3 Å². The number of hydrogen-bond donors (Lipinski definition) is 4. The van der Waals surface area contributed by atoms with Crippen LogP contribution in [0.3, 0.4) is 0 Å². The van der Waals surface area contributed by atoms with Crippen molar-refractivity contribution in [2.24, 2.45) is 5.73 Å². The molecule has 46 heavy (non-hydrogen) atoms. The van der Waals surface area contributed by atoms with Gasteiger partial charge in [0.05, 0.1) is 11.0 Å². The van der Waals surface area contributed by atoms with Gasteiger partial charge >= 0.3 is 17.7 Å². The molecule has 0 bridgehead atoms. The number of carbonyl (C=O) groups excluding carboxylic acids is 3. The van der Waals surface area contributed by atoms with E-state index in [1.54, 1.807) is 41.6 Å². The van der Waals surface area contributed by atoms with Crippen LogP contribution in [0.1, 0.15) is 64.5 Å². The molecular formula is C34H44N6O5S. The SMILES string of the molecule is CC(C)(C)OC(=O)[C@H](CCCCN)NC(=O)[C@@H](Cc1csc2ccccc12)NC(=O)N1CCC(n2c(=O)[nH]c3ccccc32)CC1. The Morgan fingerprint density at radius 3 is 2.48 bits per heavy atom. The number of carbonyl (C=O) groups is 3. The summed E-state index contributed by atoms with van der Waals surface area (Å²) in [6.45, 7) is 6.69. The molecule has 5 N–H and O–H groups in total. The summed E-state index contributed by atoms with van der Waals surface area (Å²) in [6.07, 6.45) is 3.18. The Hall–Kier alpha value is -4.16. The second-order valence-electron chi connectivity index (χ2n) is 12.9. The smallest absolute Gasteiger partial charge is 0.329 e. The zero-order valence-electron chi connectivity index (χ0n) is 26.7. The molecule has 2 atom stereocenters. The van der Waals surface area contributed by atoms with Crippen molar-refractivity contribution in [3.8, 4) is 0 Å². The molecule has 2 aromatic heterocycles. The number of thiophene rings is 1. The van der Waals surface area contributed by atoms with E-state index in [4.69, 9.17) is 10.5 Å². The third-order valence-corrected chi connectivity index (χ3v) is 9.31. The molecule has 3 heterocycles. The Labute approximate surface area is 272 Å². The van der Waals surface area contributed by atoms with Gasteiger partial charge in [-0.3, -0.25) is 9.36 Å². The number of likely N-dealkylation sites (tertiary alicyclic amines) is 1. The summed E-state index contributed by atoms with van der Waals surface area (Å²) < 4.78 is 8.49. The number of para-hydroxylation sites is 2. The first-order chi connectivity index (χ1) is 22.0. The van der Waals surface area contributed by atoms with Gasteiger partial charge in [0.1, 0.15) is 17.7 Å². The standard InChI is InChI=1S/C34H44N6O5S/c1-34(2,3)45-31(42)26(12-8-9-17-35)36-30(41)27(20-22-21-46-29-14-7-4-10-24(22)29)38-32(43)39-18-15-23(16-19-39)40-28-13-6-5-11-25(28)37-33(40)44/h4-7,10-11,13-14,21,23,26-27H,8-9,12,15-20,35H2,1-3H3,(H,36,41)(H,37,44)(H,38,43)/t26-,27+/m0/s1. The molecule has 0 saturated carbocycles. The lowest BCUT2D eigenvalue weighted by molar-refractivity contribution is -0.159. The van der Waals surface area contributed by atoms with E-state index < -0.39 is 29.6 Å². The molecule has 4 aromatic rings. The fourth-order valence-electron chi connectivity index (χ4n) is 6.01. The predicted molar refractivity (Wildman–Crippen MR) is 181 cm³/mol. The Morgan fingerprint density at radius 2 is 1.74 bits per heavy atom. The van der Waals surface area contributed by atoms with Crippen molar-refractivity contribution < 1.29 is 19.1 Å². The molecule has 0 spiro atoms. The van der Waals surface area contributed by atoms with E-state index in [2.05, 4.69) is 15.6 Å². The third-order valence-electron chi connectivity index (χ3n) is 8.29. The molecule has 1 saturated heterocycles. The monoisotopic (exact) mass is 648 g/mol. The average molecular weight is 649 g/mol. The van der Waals surface area contributed by atoms with Gasteiger partial charge in [-0.1, -0.05) is 30.3 Å². The van der Waals surface area contributed by atoms with Crippen LogP contribution in [0, 0.1) is 0 Å². The van der Waals surface area contributed by atoms with Gasteiger partial charge in [-0.15, -0.1) is 11.3 Å². The van der Waals surface area contributed by atoms with Crippen LogP contribution in [0.15, 0.2) is 58.7 Å². The Kier molecular flexibility index (Phi) is 10.5. The maximum atomic E-state index is 13.9.